The molecule has 1 unspecified atom stereocenters. The summed E-state index contributed by atoms with van der Waals surface area (Å²) in [4.78, 5) is 0. The number of aliphatic hydroxyl groups excluding tert-OH is 1. The summed E-state index contributed by atoms with van der Waals surface area (Å²) in [6, 6.07) is 4.42. The van der Waals surface area contributed by atoms with E-state index < -0.39 is 0 Å². The van der Waals surface area contributed by atoms with Crippen molar-refractivity contribution in [1.82, 2.24) is 5.32 Å². The van der Waals surface area contributed by atoms with Crippen LogP contribution in [0.3, 0.4) is 0 Å². The van der Waals surface area contributed by atoms with Crippen LogP contribution in [0.1, 0.15) is 37.3 Å². The van der Waals surface area contributed by atoms with Crippen LogP contribution >= 0.6 is 15.9 Å². The van der Waals surface area contributed by atoms with E-state index in [4.69, 9.17) is 9.47 Å². The standard InChI is InChI=1S/C14H18BrNO3/c15-11-5-9(6-13-14(11)19-8-18-13)12(7-17)16-10-3-1-2-4-10/h5-6,10,12,16-17H,1-4,7-8H2. The first-order chi connectivity index (χ1) is 9.28. The molecule has 0 amide bonds. The molecule has 1 aromatic carbocycles. The average Bonchev–Trinajstić information content (AvgIpc) is 3.06. The van der Waals surface area contributed by atoms with Crippen LogP contribution in [0.4, 0.5) is 0 Å². The van der Waals surface area contributed by atoms with Gasteiger partial charge in [-0.3, -0.25) is 0 Å². The SMILES string of the molecule is OCC(NC1CCCC1)c1cc(Br)c2c(c1)OCO2. The number of aliphatic hydroxyl groups is 1. The highest BCUT2D eigenvalue weighted by Gasteiger charge is 2.24. The Morgan fingerprint density at radius 3 is 2.84 bits per heavy atom. The molecule has 3 rings (SSSR count). The molecular formula is C14H18BrNO3. The molecule has 0 radical (unpaired) electrons. The number of halogens is 1. The Labute approximate surface area is 121 Å². The van der Waals surface area contributed by atoms with Crippen molar-refractivity contribution in [2.75, 3.05) is 13.4 Å². The fraction of sp³-hybridized carbons (Fsp3) is 0.571. The van der Waals surface area contributed by atoms with Gasteiger partial charge >= 0.3 is 0 Å². The second kappa shape index (κ2) is 5.69. The highest BCUT2D eigenvalue weighted by molar-refractivity contribution is 9.10. The lowest BCUT2D eigenvalue weighted by Crippen LogP contribution is -2.32. The van der Waals surface area contributed by atoms with Gasteiger partial charge < -0.3 is 19.9 Å². The fourth-order valence-corrected chi connectivity index (χ4v) is 3.39. The zero-order valence-electron chi connectivity index (χ0n) is 10.7. The van der Waals surface area contributed by atoms with Gasteiger partial charge in [-0.15, -0.1) is 0 Å². The van der Waals surface area contributed by atoms with Gasteiger partial charge in [-0.1, -0.05) is 12.8 Å². The van der Waals surface area contributed by atoms with Crippen LogP contribution in [0.5, 0.6) is 11.5 Å². The number of fused-ring (bicyclic) bond motifs is 1. The monoisotopic (exact) mass is 327 g/mol. The predicted molar refractivity (Wildman–Crippen MR) is 75.5 cm³/mol. The summed E-state index contributed by atoms with van der Waals surface area (Å²) in [7, 11) is 0. The number of hydrogen-bond acceptors (Lipinski definition) is 4. The zero-order chi connectivity index (χ0) is 13.2. The molecule has 5 heteroatoms. The molecule has 2 N–H and O–H groups in total. The summed E-state index contributed by atoms with van der Waals surface area (Å²) < 4.78 is 11.7. The van der Waals surface area contributed by atoms with Gasteiger partial charge in [0.25, 0.3) is 0 Å². The molecule has 1 aromatic rings. The van der Waals surface area contributed by atoms with Gasteiger partial charge in [-0.05, 0) is 46.5 Å². The van der Waals surface area contributed by atoms with E-state index in [1.807, 2.05) is 12.1 Å². The van der Waals surface area contributed by atoms with Crippen LogP contribution in [0.25, 0.3) is 0 Å². The van der Waals surface area contributed by atoms with Crippen molar-refractivity contribution in [3.05, 3.63) is 22.2 Å². The molecule has 0 aromatic heterocycles. The second-order valence-electron chi connectivity index (χ2n) is 5.12. The van der Waals surface area contributed by atoms with Crippen molar-refractivity contribution in [2.45, 2.75) is 37.8 Å². The number of nitrogens with one attached hydrogen (secondary N) is 1. The molecule has 1 aliphatic carbocycles. The zero-order valence-corrected chi connectivity index (χ0v) is 12.3. The Balaban J connectivity index is 1.80. The van der Waals surface area contributed by atoms with Gasteiger partial charge in [-0.25, -0.2) is 0 Å². The molecule has 4 nitrogen and oxygen atoms in total. The molecule has 104 valence electrons. The van der Waals surface area contributed by atoms with E-state index in [0.717, 1.165) is 21.5 Å². The van der Waals surface area contributed by atoms with Crippen LogP contribution in [-0.4, -0.2) is 24.5 Å². The van der Waals surface area contributed by atoms with Crippen molar-refractivity contribution in [2.24, 2.45) is 0 Å². The Morgan fingerprint density at radius 1 is 1.32 bits per heavy atom. The van der Waals surface area contributed by atoms with Crippen LogP contribution in [0.2, 0.25) is 0 Å². The number of benzene rings is 1. The minimum atomic E-state index is -0.0473. The van der Waals surface area contributed by atoms with Crippen LogP contribution in [0.15, 0.2) is 16.6 Å². The Morgan fingerprint density at radius 2 is 2.11 bits per heavy atom. The molecular weight excluding hydrogens is 310 g/mol. The maximum absolute atomic E-state index is 9.63. The van der Waals surface area contributed by atoms with Crippen molar-refractivity contribution in [3.8, 4) is 11.5 Å². The molecule has 2 aliphatic rings. The second-order valence-corrected chi connectivity index (χ2v) is 5.97. The molecule has 1 fully saturated rings. The normalized spacial score (nSPS) is 19.9. The van der Waals surface area contributed by atoms with E-state index in [1.54, 1.807) is 0 Å². The highest BCUT2D eigenvalue weighted by atomic mass is 79.9. The summed E-state index contributed by atoms with van der Waals surface area (Å²) in [5.74, 6) is 1.50. The van der Waals surface area contributed by atoms with Crippen LogP contribution in [-0.2, 0) is 0 Å². The predicted octanol–water partition coefficient (Wildman–Crippen LogP) is 2.74. The summed E-state index contributed by atoms with van der Waals surface area (Å²) in [6.07, 6.45) is 4.95. The van der Waals surface area contributed by atoms with Crippen LogP contribution < -0.4 is 14.8 Å². The third-order valence-electron chi connectivity index (χ3n) is 3.83. The third kappa shape index (κ3) is 2.73. The summed E-state index contributed by atoms with van der Waals surface area (Å²) in [6.45, 7) is 0.347. The topological polar surface area (TPSA) is 50.7 Å². The molecule has 0 bridgehead atoms. The molecule has 1 saturated carbocycles. The van der Waals surface area contributed by atoms with Gasteiger partial charge in [0.1, 0.15) is 0 Å². The average molecular weight is 328 g/mol. The van der Waals surface area contributed by atoms with Gasteiger partial charge in [-0.2, -0.15) is 0 Å². The molecule has 1 atom stereocenters. The van der Waals surface area contributed by atoms with E-state index in [9.17, 15) is 5.11 Å². The molecule has 1 heterocycles. The first kappa shape index (κ1) is 13.2. The minimum absolute atomic E-state index is 0.0473. The molecule has 0 spiro atoms. The largest absolute Gasteiger partial charge is 0.454 e. The number of rotatable bonds is 4. The number of hydrogen-bond donors (Lipinski definition) is 2. The highest BCUT2D eigenvalue weighted by Crippen LogP contribution is 2.41. The quantitative estimate of drug-likeness (QED) is 0.892. The fourth-order valence-electron chi connectivity index (χ4n) is 2.82. The van der Waals surface area contributed by atoms with E-state index in [2.05, 4.69) is 21.2 Å². The first-order valence-electron chi connectivity index (χ1n) is 6.74. The Hall–Kier alpha value is -0.780. The van der Waals surface area contributed by atoms with Gasteiger partial charge in [0.2, 0.25) is 6.79 Å². The lowest BCUT2D eigenvalue weighted by molar-refractivity contribution is 0.173. The van der Waals surface area contributed by atoms with Crippen molar-refractivity contribution in [1.29, 1.82) is 0 Å². The van der Waals surface area contributed by atoms with E-state index in [0.29, 0.717) is 6.04 Å². The minimum Gasteiger partial charge on any atom is -0.454 e. The lowest BCUT2D eigenvalue weighted by atomic mass is 10.1. The van der Waals surface area contributed by atoms with E-state index in [1.165, 1.54) is 25.7 Å². The maximum Gasteiger partial charge on any atom is 0.231 e. The maximum atomic E-state index is 9.63. The van der Waals surface area contributed by atoms with Crippen molar-refractivity contribution in [3.63, 3.8) is 0 Å². The lowest BCUT2D eigenvalue weighted by Gasteiger charge is -2.22. The Kier molecular flexibility index (Phi) is 3.96. The van der Waals surface area contributed by atoms with Crippen LogP contribution in [0, 0.1) is 0 Å². The summed E-state index contributed by atoms with van der Waals surface area (Å²) in [5.41, 5.74) is 1.03. The number of ether oxygens (including phenoxy) is 2. The third-order valence-corrected chi connectivity index (χ3v) is 4.42. The van der Waals surface area contributed by atoms with E-state index >= 15 is 0 Å². The van der Waals surface area contributed by atoms with Crippen molar-refractivity contribution >= 4 is 15.9 Å². The summed E-state index contributed by atoms with van der Waals surface area (Å²) >= 11 is 3.49. The summed E-state index contributed by atoms with van der Waals surface area (Å²) in [5, 5.41) is 13.2. The van der Waals surface area contributed by atoms with Gasteiger partial charge in [0, 0.05) is 6.04 Å². The molecule has 1 aliphatic heterocycles. The van der Waals surface area contributed by atoms with Gasteiger partial charge in [0.05, 0.1) is 17.1 Å². The van der Waals surface area contributed by atoms with Crippen molar-refractivity contribution < 1.29 is 14.6 Å². The first-order valence-corrected chi connectivity index (χ1v) is 7.53. The smallest absolute Gasteiger partial charge is 0.231 e. The van der Waals surface area contributed by atoms with E-state index in [-0.39, 0.29) is 19.4 Å². The molecule has 19 heavy (non-hydrogen) atoms. The Bertz CT molecular complexity index is 460. The van der Waals surface area contributed by atoms with Gasteiger partial charge in [0.15, 0.2) is 11.5 Å². The molecule has 0 saturated heterocycles.